The van der Waals surface area contributed by atoms with Gasteiger partial charge in [0, 0.05) is 15.2 Å². The second-order valence-corrected chi connectivity index (χ2v) is 10.3. The molecule has 3 rings (SSSR count). The standard InChI is InChI=1S/C21H24ClN3O4S/c1-21(2,20(26)23-11-12-30(3,27)28)29-19-17-9-4-5-10-18(17)25(24-19)14-15-7-6-8-16(22)13-15/h4-10,13H,11-12,14H2,1-3H3,(H-,23,26,27,28). The van der Waals surface area contributed by atoms with Gasteiger partial charge in [-0.1, -0.05) is 35.9 Å². The first-order valence-electron chi connectivity index (χ1n) is 9.40. The van der Waals surface area contributed by atoms with Gasteiger partial charge in [0.25, 0.3) is 5.91 Å². The lowest BCUT2D eigenvalue weighted by Gasteiger charge is -2.24. The van der Waals surface area contributed by atoms with Gasteiger partial charge in [0.2, 0.25) is 5.88 Å². The van der Waals surface area contributed by atoms with Gasteiger partial charge in [-0.05, 0) is 43.7 Å². The number of benzene rings is 2. The predicted molar refractivity (Wildman–Crippen MR) is 118 cm³/mol. The van der Waals surface area contributed by atoms with Crippen LogP contribution in [0.5, 0.6) is 5.88 Å². The molecule has 3 aromatic rings. The Hall–Kier alpha value is -2.42. The Morgan fingerprint density at radius 1 is 1.27 bits per heavy atom. The van der Waals surface area contributed by atoms with Crippen LogP contribution in [-0.2, 0) is 25.8 Å². The van der Waals surface area contributed by atoms with Crippen LogP contribution in [-0.4, -0.2) is 44.4 Å². The number of sulfone groups is 1. The fourth-order valence-corrected chi connectivity index (χ4v) is 3.64. The fraction of sp³-hybridized carbons (Fsp3) is 0.333. The highest BCUT2D eigenvalue weighted by Crippen LogP contribution is 2.28. The third kappa shape index (κ3) is 5.59. The van der Waals surface area contributed by atoms with Crippen LogP contribution in [0.1, 0.15) is 19.4 Å². The molecule has 0 fully saturated rings. The van der Waals surface area contributed by atoms with E-state index < -0.39 is 21.7 Å². The molecule has 0 aliphatic heterocycles. The molecule has 2 aromatic carbocycles. The number of nitrogens with one attached hydrogen (secondary N) is 1. The van der Waals surface area contributed by atoms with Gasteiger partial charge < -0.3 is 14.6 Å². The summed E-state index contributed by atoms with van der Waals surface area (Å²) in [5, 5.41) is 8.61. The van der Waals surface area contributed by atoms with E-state index in [1.807, 2.05) is 48.5 Å². The first kappa shape index (κ1) is 22.3. The summed E-state index contributed by atoms with van der Waals surface area (Å²) in [5.74, 6) is -0.220. The quantitative estimate of drug-likeness (QED) is 0.532. The molecule has 30 heavy (non-hydrogen) atoms. The van der Waals surface area contributed by atoms with Gasteiger partial charge in [0.1, 0.15) is 5.75 Å². The maximum atomic E-state index is 12.5. The highest BCUT2D eigenvalue weighted by Gasteiger charge is 2.32. The summed E-state index contributed by atoms with van der Waals surface area (Å²) in [6, 6.07) is 15.1. The van der Waals surface area contributed by atoms with Gasteiger partial charge in [0.05, 0.1) is 30.2 Å². The smallest absolute Gasteiger partial charge is 0.263 e. The van der Waals surface area contributed by atoms with Gasteiger partial charge in [-0.25, -0.2) is 0 Å². The van der Waals surface area contributed by atoms with Crippen molar-refractivity contribution < 1.29 is 18.3 Å². The Kier molecular flexibility index (Phi) is 6.50. The Labute approximate surface area is 181 Å². The zero-order chi connectivity index (χ0) is 21.9. The van der Waals surface area contributed by atoms with Gasteiger partial charge in [0.15, 0.2) is 5.60 Å². The number of hydrogen-bond acceptors (Lipinski definition) is 5. The summed E-state index contributed by atoms with van der Waals surface area (Å²) in [6.07, 6.45) is 1.12. The number of halogens is 1. The number of carbonyl (C=O) groups excluding carboxylic acids is 1. The minimum Gasteiger partial charge on any atom is -0.615 e. The van der Waals surface area contributed by atoms with E-state index in [1.54, 1.807) is 18.5 Å². The van der Waals surface area contributed by atoms with Crippen LogP contribution in [0.4, 0.5) is 0 Å². The van der Waals surface area contributed by atoms with Crippen molar-refractivity contribution in [3.63, 3.8) is 0 Å². The second-order valence-electron chi connectivity index (χ2n) is 7.61. The molecule has 0 aliphatic rings. The SMILES string of the molecule is CC(C)(Oc1nn(Cc2cccc(Cl)c2)c2ccccc12)C(=O)NCC[S+](C)(=O)[O-]. The number of amides is 1. The van der Waals surface area contributed by atoms with E-state index in [4.69, 9.17) is 16.3 Å². The molecule has 1 atom stereocenters. The minimum atomic E-state index is -3.16. The number of carbonyl (C=O) groups is 1. The third-order valence-corrected chi connectivity index (χ3v) is 5.68. The van der Waals surface area contributed by atoms with Crippen LogP contribution in [0.15, 0.2) is 48.5 Å². The molecule has 0 saturated carbocycles. The predicted octanol–water partition coefficient (Wildman–Crippen LogP) is 3.27. The molecule has 0 bridgehead atoms. The van der Waals surface area contributed by atoms with Crippen LogP contribution in [0.3, 0.4) is 0 Å². The Morgan fingerprint density at radius 2 is 2.00 bits per heavy atom. The van der Waals surface area contributed by atoms with E-state index in [0.717, 1.165) is 22.7 Å². The minimum absolute atomic E-state index is 0.0222. The molecular formula is C21H24ClN3O4S. The molecule has 1 N–H and O–H groups in total. The summed E-state index contributed by atoms with van der Waals surface area (Å²) in [5.41, 5.74) is 0.607. The second kappa shape index (κ2) is 8.75. The van der Waals surface area contributed by atoms with Crippen LogP contribution in [0.2, 0.25) is 5.02 Å². The van der Waals surface area contributed by atoms with Crippen molar-refractivity contribution in [1.82, 2.24) is 15.1 Å². The average molecular weight is 450 g/mol. The van der Waals surface area contributed by atoms with E-state index in [0.29, 0.717) is 17.4 Å². The van der Waals surface area contributed by atoms with E-state index in [9.17, 15) is 13.6 Å². The Morgan fingerprint density at radius 3 is 2.70 bits per heavy atom. The maximum absolute atomic E-state index is 12.5. The molecule has 1 unspecified atom stereocenters. The molecule has 1 heterocycles. The molecule has 0 spiro atoms. The lowest BCUT2D eigenvalue weighted by molar-refractivity contribution is -0.134. The van der Waals surface area contributed by atoms with Crippen LogP contribution in [0.25, 0.3) is 10.9 Å². The molecule has 1 amide bonds. The van der Waals surface area contributed by atoms with Crippen molar-refractivity contribution in [2.24, 2.45) is 0 Å². The van der Waals surface area contributed by atoms with E-state index >= 15 is 0 Å². The lowest BCUT2D eigenvalue weighted by Crippen LogP contribution is -2.48. The molecule has 7 nitrogen and oxygen atoms in total. The molecule has 160 valence electrons. The van der Waals surface area contributed by atoms with Crippen LogP contribution < -0.4 is 10.1 Å². The number of fused-ring (bicyclic) bond motifs is 1. The van der Waals surface area contributed by atoms with Crippen LogP contribution in [0, 0.1) is 0 Å². The number of nitrogens with zero attached hydrogens (tertiary/aromatic N) is 2. The molecule has 0 saturated heterocycles. The monoisotopic (exact) mass is 449 g/mol. The average Bonchev–Trinajstić information content (AvgIpc) is 2.97. The zero-order valence-electron chi connectivity index (χ0n) is 17.1. The highest BCUT2D eigenvalue weighted by molar-refractivity contribution is 7.96. The molecule has 1 aromatic heterocycles. The Balaban J connectivity index is 1.82. The van der Waals surface area contributed by atoms with Crippen molar-refractivity contribution >= 4 is 38.6 Å². The molecular weight excluding hydrogens is 426 g/mol. The largest absolute Gasteiger partial charge is 0.615 e. The van der Waals surface area contributed by atoms with Crippen molar-refractivity contribution in [1.29, 1.82) is 0 Å². The fourth-order valence-electron chi connectivity index (χ4n) is 2.95. The summed E-state index contributed by atoms with van der Waals surface area (Å²) < 4.78 is 30.3. The van der Waals surface area contributed by atoms with Crippen molar-refractivity contribution in [2.75, 3.05) is 18.6 Å². The lowest BCUT2D eigenvalue weighted by atomic mass is 10.1. The molecule has 0 aliphatic carbocycles. The van der Waals surface area contributed by atoms with Gasteiger partial charge in [-0.3, -0.25) is 9.48 Å². The van der Waals surface area contributed by atoms with E-state index in [1.165, 1.54) is 0 Å². The summed E-state index contributed by atoms with van der Waals surface area (Å²) in [7, 11) is -3.16. The third-order valence-electron chi connectivity index (χ3n) is 4.50. The van der Waals surface area contributed by atoms with Gasteiger partial charge >= 0.3 is 0 Å². The highest BCUT2D eigenvalue weighted by atomic mass is 35.5. The molecule has 0 radical (unpaired) electrons. The number of hydrogen-bond donors (Lipinski definition) is 1. The van der Waals surface area contributed by atoms with Crippen molar-refractivity contribution in [3.05, 3.63) is 59.1 Å². The van der Waals surface area contributed by atoms with Crippen molar-refractivity contribution in [2.45, 2.75) is 26.0 Å². The molecule has 9 heteroatoms. The Bertz CT molecular complexity index is 1110. The number of para-hydroxylation sites is 1. The normalized spacial score (nSPS) is 13.8. The van der Waals surface area contributed by atoms with Gasteiger partial charge in [-0.15, -0.1) is 9.31 Å². The summed E-state index contributed by atoms with van der Waals surface area (Å²) >= 11 is 6.09. The van der Waals surface area contributed by atoms with E-state index in [2.05, 4.69) is 10.4 Å². The first-order valence-corrected chi connectivity index (χ1v) is 11.8. The first-order chi connectivity index (χ1) is 14.0. The van der Waals surface area contributed by atoms with Gasteiger partial charge in [-0.2, -0.15) is 0 Å². The van der Waals surface area contributed by atoms with Crippen LogP contribution >= 0.6 is 11.6 Å². The van der Waals surface area contributed by atoms with E-state index in [-0.39, 0.29) is 12.3 Å². The summed E-state index contributed by atoms with van der Waals surface area (Å²) in [4.78, 5) is 12.5. The number of ether oxygens (including phenoxy) is 1. The number of aromatic nitrogens is 2. The summed E-state index contributed by atoms with van der Waals surface area (Å²) in [6.45, 7) is 3.75. The maximum Gasteiger partial charge on any atom is 0.263 e. The zero-order valence-corrected chi connectivity index (χ0v) is 18.6. The topological polar surface area (TPSA) is 96.3 Å². The van der Waals surface area contributed by atoms with Crippen molar-refractivity contribution in [3.8, 4) is 5.88 Å². The number of rotatable bonds is 8.